The summed E-state index contributed by atoms with van der Waals surface area (Å²) in [6.45, 7) is 8.09. The van der Waals surface area contributed by atoms with E-state index in [1.165, 1.54) is 0 Å². The van der Waals surface area contributed by atoms with E-state index in [4.69, 9.17) is 20.4 Å². The van der Waals surface area contributed by atoms with E-state index in [-0.39, 0.29) is 18.0 Å². The summed E-state index contributed by atoms with van der Waals surface area (Å²) >= 11 is 0. The van der Waals surface area contributed by atoms with Crippen molar-refractivity contribution in [1.29, 1.82) is 0 Å². The maximum absolute atomic E-state index is 11.8. The lowest BCUT2D eigenvalue weighted by Gasteiger charge is -2.38. The number of morpholine rings is 1. The molecule has 1 atom stereocenters. The minimum Gasteiger partial charge on any atom is -0.377 e. The number of carbonyl (C=O) groups excluding carboxylic acids is 1. The number of fused-ring (bicyclic) bond motifs is 1. The van der Waals surface area contributed by atoms with Crippen LogP contribution in [-0.4, -0.2) is 64.9 Å². The van der Waals surface area contributed by atoms with Crippen LogP contribution in [0.15, 0.2) is 36.5 Å². The summed E-state index contributed by atoms with van der Waals surface area (Å²) in [5.74, 6) is 2.67. The van der Waals surface area contributed by atoms with Crippen LogP contribution in [0.2, 0.25) is 0 Å². The average Bonchev–Trinajstić information content (AvgIpc) is 2.89. The maximum atomic E-state index is 11.8. The van der Waals surface area contributed by atoms with Crippen LogP contribution in [0, 0.1) is 0 Å². The van der Waals surface area contributed by atoms with Crippen LogP contribution in [0.3, 0.4) is 0 Å². The van der Waals surface area contributed by atoms with E-state index >= 15 is 0 Å². The molecule has 0 bridgehead atoms. The van der Waals surface area contributed by atoms with Crippen molar-refractivity contribution in [3.05, 3.63) is 47.8 Å². The first-order chi connectivity index (χ1) is 17.5. The first kappa shape index (κ1) is 23.7. The summed E-state index contributed by atoms with van der Waals surface area (Å²) in [6.07, 6.45) is 2.44. The van der Waals surface area contributed by atoms with Gasteiger partial charge in [-0.15, -0.1) is 0 Å². The fourth-order valence-corrected chi connectivity index (χ4v) is 4.58. The molecule has 2 aromatic heterocycles. The van der Waals surface area contributed by atoms with Crippen molar-refractivity contribution in [2.24, 2.45) is 0 Å². The van der Waals surface area contributed by atoms with E-state index in [1.807, 2.05) is 37.3 Å². The summed E-state index contributed by atoms with van der Waals surface area (Å²) in [4.78, 5) is 34.8. The number of hydrogen-bond acceptors (Lipinski definition) is 9. The molecule has 1 saturated heterocycles. The molecule has 3 aromatic rings. The van der Waals surface area contributed by atoms with Gasteiger partial charge in [0.25, 0.3) is 0 Å². The standard InChI is InChI=1S/C25H31N9O2/c1-3-27-25(35)29-18-6-4-17(5-7-18)22-30-20-9-11-33(21-8-10-28-24(26)31-21)14-19(20)23(32-22)34-12-13-36-15-16(34)2/h4-8,10,16H,3,9,11-15H2,1-2H3,(H2,26,28,31)(H2,27,29,35). The Morgan fingerprint density at radius 3 is 2.75 bits per heavy atom. The minimum atomic E-state index is -0.228. The van der Waals surface area contributed by atoms with E-state index in [0.717, 1.165) is 48.0 Å². The first-order valence-electron chi connectivity index (χ1n) is 12.2. The van der Waals surface area contributed by atoms with Gasteiger partial charge in [-0.1, -0.05) is 0 Å². The summed E-state index contributed by atoms with van der Waals surface area (Å²) in [5.41, 5.74) is 9.59. The molecule has 0 radical (unpaired) electrons. The Hall–Kier alpha value is -3.99. The second kappa shape index (κ2) is 10.3. The number of aromatic nitrogens is 4. The minimum absolute atomic E-state index is 0.194. The van der Waals surface area contributed by atoms with Crippen molar-refractivity contribution in [2.45, 2.75) is 32.9 Å². The highest BCUT2D eigenvalue weighted by Crippen LogP contribution is 2.33. The van der Waals surface area contributed by atoms with Gasteiger partial charge >= 0.3 is 6.03 Å². The molecular formula is C25H31N9O2. The molecule has 1 fully saturated rings. The highest BCUT2D eigenvalue weighted by molar-refractivity contribution is 5.89. The molecule has 2 aliphatic heterocycles. The molecule has 1 unspecified atom stereocenters. The number of nitrogens with one attached hydrogen (secondary N) is 2. The van der Waals surface area contributed by atoms with Gasteiger partial charge in [-0.05, 0) is 44.2 Å². The van der Waals surface area contributed by atoms with E-state index in [9.17, 15) is 4.79 Å². The Morgan fingerprint density at radius 2 is 2.00 bits per heavy atom. The highest BCUT2D eigenvalue weighted by atomic mass is 16.5. The van der Waals surface area contributed by atoms with E-state index in [2.05, 4.69) is 37.3 Å². The first-order valence-corrected chi connectivity index (χ1v) is 12.2. The molecule has 0 aliphatic carbocycles. The van der Waals surface area contributed by atoms with E-state index < -0.39 is 0 Å². The third-order valence-corrected chi connectivity index (χ3v) is 6.40. The molecule has 4 heterocycles. The van der Waals surface area contributed by atoms with Crippen LogP contribution >= 0.6 is 0 Å². The van der Waals surface area contributed by atoms with Gasteiger partial charge in [-0.25, -0.2) is 19.7 Å². The Morgan fingerprint density at radius 1 is 1.17 bits per heavy atom. The maximum Gasteiger partial charge on any atom is 0.319 e. The summed E-state index contributed by atoms with van der Waals surface area (Å²) in [7, 11) is 0. The van der Waals surface area contributed by atoms with Crippen LogP contribution in [0.25, 0.3) is 11.4 Å². The van der Waals surface area contributed by atoms with Gasteiger partial charge in [0.2, 0.25) is 5.95 Å². The second-order valence-corrected chi connectivity index (χ2v) is 8.92. The summed E-state index contributed by atoms with van der Waals surface area (Å²) in [5, 5.41) is 5.56. The van der Waals surface area contributed by atoms with Crippen LogP contribution in [0.1, 0.15) is 25.1 Å². The van der Waals surface area contributed by atoms with Gasteiger partial charge in [0, 0.05) is 55.6 Å². The highest BCUT2D eigenvalue weighted by Gasteiger charge is 2.29. The number of benzene rings is 1. The van der Waals surface area contributed by atoms with Crippen molar-refractivity contribution < 1.29 is 9.53 Å². The number of nitrogens with zero attached hydrogens (tertiary/aromatic N) is 6. The van der Waals surface area contributed by atoms with Gasteiger partial charge in [0.15, 0.2) is 5.82 Å². The number of nitrogens with two attached hydrogens (primary N) is 1. The Kier molecular flexibility index (Phi) is 6.81. The van der Waals surface area contributed by atoms with Crippen LogP contribution in [0.4, 0.5) is 28.1 Å². The Bertz CT molecular complexity index is 1230. The molecule has 2 amide bonds. The molecule has 0 spiro atoms. The molecule has 188 valence electrons. The van der Waals surface area contributed by atoms with Gasteiger partial charge in [-0.2, -0.15) is 4.98 Å². The molecule has 5 rings (SSSR count). The van der Waals surface area contributed by atoms with Crippen molar-refractivity contribution in [2.75, 3.05) is 53.7 Å². The van der Waals surface area contributed by atoms with Crippen LogP contribution < -0.4 is 26.2 Å². The number of urea groups is 1. The number of carbonyl (C=O) groups is 1. The fourth-order valence-electron chi connectivity index (χ4n) is 4.58. The number of rotatable bonds is 5. The Balaban J connectivity index is 1.49. The van der Waals surface area contributed by atoms with Crippen molar-refractivity contribution in [1.82, 2.24) is 25.3 Å². The molecule has 11 heteroatoms. The monoisotopic (exact) mass is 489 g/mol. The predicted octanol–water partition coefficient (Wildman–Crippen LogP) is 2.45. The van der Waals surface area contributed by atoms with Crippen LogP contribution in [-0.2, 0) is 17.7 Å². The number of nitrogen functional groups attached to an aromatic ring is 1. The van der Waals surface area contributed by atoms with E-state index in [1.54, 1.807) is 6.20 Å². The smallest absolute Gasteiger partial charge is 0.319 e. The zero-order chi connectivity index (χ0) is 25.1. The summed E-state index contributed by atoms with van der Waals surface area (Å²) < 4.78 is 5.69. The molecule has 2 aliphatic rings. The predicted molar refractivity (Wildman–Crippen MR) is 139 cm³/mol. The Labute approximate surface area is 210 Å². The number of ether oxygens (including phenoxy) is 1. The third-order valence-electron chi connectivity index (χ3n) is 6.40. The zero-order valence-corrected chi connectivity index (χ0v) is 20.6. The second-order valence-electron chi connectivity index (χ2n) is 8.92. The lowest BCUT2D eigenvalue weighted by atomic mass is 10.0. The largest absolute Gasteiger partial charge is 0.377 e. The average molecular weight is 490 g/mol. The molecule has 0 saturated carbocycles. The van der Waals surface area contributed by atoms with Crippen molar-refractivity contribution in [3.63, 3.8) is 0 Å². The van der Waals surface area contributed by atoms with Gasteiger partial charge in [0.1, 0.15) is 11.6 Å². The van der Waals surface area contributed by atoms with Gasteiger partial charge in [-0.3, -0.25) is 0 Å². The topological polar surface area (TPSA) is 134 Å². The quantitative estimate of drug-likeness (QED) is 0.494. The molecule has 11 nitrogen and oxygen atoms in total. The number of hydrogen-bond donors (Lipinski definition) is 3. The van der Waals surface area contributed by atoms with Crippen molar-refractivity contribution >= 4 is 29.3 Å². The normalized spacial score (nSPS) is 17.4. The fraction of sp³-hybridized carbons (Fsp3) is 0.400. The molecule has 4 N–H and O–H groups in total. The van der Waals surface area contributed by atoms with Gasteiger partial charge < -0.3 is 30.9 Å². The number of anilines is 4. The lowest BCUT2D eigenvalue weighted by Crippen LogP contribution is -2.45. The SMILES string of the molecule is CCNC(=O)Nc1ccc(-c2nc3c(c(N4CCOCC4C)n2)CN(c2ccnc(N)n2)CC3)cc1. The van der Waals surface area contributed by atoms with Gasteiger partial charge in [0.05, 0.1) is 24.9 Å². The molecule has 36 heavy (non-hydrogen) atoms. The van der Waals surface area contributed by atoms with Crippen LogP contribution in [0.5, 0.6) is 0 Å². The number of amides is 2. The lowest BCUT2D eigenvalue weighted by molar-refractivity contribution is 0.0984. The van der Waals surface area contributed by atoms with Crippen molar-refractivity contribution in [3.8, 4) is 11.4 Å². The summed E-state index contributed by atoms with van der Waals surface area (Å²) in [6, 6.07) is 9.46. The third kappa shape index (κ3) is 5.01. The van der Waals surface area contributed by atoms with E-state index in [0.29, 0.717) is 37.8 Å². The molecular weight excluding hydrogens is 458 g/mol. The molecule has 1 aromatic carbocycles. The zero-order valence-electron chi connectivity index (χ0n) is 20.6.